The van der Waals surface area contributed by atoms with Crippen molar-refractivity contribution in [3.05, 3.63) is 47.8 Å². The maximum Gasteiger partial charge on any atom is 0.302 e. The fraction of sp³-hybridized carbons (Fsp3) is 0.526. The first-order valence-electron chi connectivity index (χ1n) is 8.63. The normalized spacial score (nSPS) is 13.5. The second kappa shape index (κ2) is 9.21. The summed E-state index contributed by atoms with van der Waals surface area (Å²) in [6.45, 7) is 3.61. The smallest absolute Gasteiger partial charge is 0.302 e. The van der Waals surface area contributed by atoms with Crippen molar-refractivity contribution < 1.29 is 9.53 Å². The van der Waals surface area contributed by atoms with Crippen LogP contribution in [0.25, 0.3) is 0 Å². The molecule has 2 unspecified atom stereocenters. The van der Waals surface area contributed by atoms with Crippen LogP contribution in [-0.2, 0) is 23.0 Å². The Morgan fingerprint density at radius 2 is 1.96 bits per heavy atom. The van der Waals surface area contributed by atoms with E-state index in [0.29, 0.717) is 0 Å². The van der Waals surface area contributed by atoms with Gasteiger partial charge in [-0.05, 0) is 31.2 Å². The molecule has 0 saturated heterocycles. The minimum absolute atomic E-state index is 0.0681. The van der Waals surface area contributed by atoms with E-state index in [-0.39, 0.29) is 18.0 Å². The standard InChI is InChI=1S/C19H27N3O2/c1-15(17-10-6-4-7-11-17)19(24-16(2)23)13-9-5-8-12-18-14-22(3)21-20-18/h4,6-7,10-11,14-15,19H,5,8-9,12-13H2,1-3H3. The van der Waals surface area contributed by atoms with Gasteiger partial charge in [-0.25, -0.2) is 0 Å². The summed E-state index contributed by atoms with van der Waals surface area (Å²) in [4.78, 5) is 11.4. The minimum atomic E-state index is -0.206. The number of hydrogen-bond donors (Lipinski definition) is 0. The van der Waals surface area contributed by atoms with E-state index in [1.807, 2.05) is 31.4 Å². The van der Waals surface area contributed by atoms with E-state index in [4.69, 9.17) is 4.74 Å². The number of rotatable bonds is 9. The molecule has 5 nitrogen and oxygen atoms in total. The minimum Gasteiger partial charge on any atom is -0.462 e. The number of hydrogen-bond acceptors (Lipinski definition) is 4. The zero-order chi connectivity index (χ0) is 17.4. The summed E-state index contributed by atoms with van der Waals surface area (Å²) in [5.74, 6) is -0.00238. The average molecular weight is 329 g/mol. The van der Waals surface area contributed by atoms with Crippen LogP contribution in [0.5, 0.6) is 0 Å². The summed E-state index contributed by atoms with van der Waals surface area (Å²) in [5.41, 5.74) is 2.25. The molecule has 1 aromatic carbocycles. The van der Waals surface area contributed by atoms with E-state index in [1.165, 1.54) is 12.5 Å². The maximum atomic E-state index is 11.4. The topological polar surface area (TPSA) is 57.0 Å². The molecule has 0 fully saturated rings. The highest BCUT2D eigenvalue weighted by atomic mass is 16.5. The lowest BCUT2D eigenvalue weighted by atomic mass is 9.91. The van der Waals surface area contributed by atoms with Crippen molar-refractivity contribution in [2.45, 2.75) is 58.0 Å². The van der Waals surface area contributed by atoms with E-state index in [2.05, 4.69) is 29.4 Å². The maximum absolute atomic E-state index is 11.4. The van der Waals surface area contributed by atoms with Crippen molar-refractivity contribution in [3.63, 3.8) is 0 Å². The molecule has 0 bridgehead atoms. The third-order valence-electron chi connectivity index (χ3n) is 4.27. The lowest BCUT2D eigenvalue weighted by Gasteiger charge is -2.24. The Morgan fingerprint density at radius 1 is 1.21 bits per heavy atom. The number of nitrogens with zero attached hydrogens (tertiary/aromatic N) is 3. The number of esters is 1. The predicted octanol–water partition coefficient (Wildman–Crippen LogP) is 3.65. The van der Waals surface area contributed by atoms with E-state index < -0.39 is 0 Å². The van der Waals surface area contributed by atoms with E-state index in [1.54, 1.807) is 4.68 Å². The summed E-state index contributed by atoms with van der Waals surface area (Å²) >= 11 is 0. The summed E-state index contributed by atoms with van der Waals surface area (Å²) < 4.78 is 7.30. The molecule has 1 aromatic heterocycles. The summed E-state index contributed by atoms with van der Waals surface area (Å²) in [6, 6.07) is 10.2. The van der Waals surface area contributed by atoms with Gasteiger partial charge in [-0.1, -0.05) is 48.9 Å². The van der Waals surface area contributed by atoms with Crippen LogP contribution in [-0.4, -0.2) is 27.1 Å². The number of ether oxygens (including phenoxy) is 1. The summed E-state index contributed by atoms with van der Waals surface area (Å²) in [5, 5.41) is 8.04. The van der Waals surface area contributed by atoms with Crippen molar-refractivity contribution >= 4 is 5.97 Å². The van der Waals surface area contributed by atoms with Crippen LogP contribution in [0.4, 0.5) is 0 Å². The summed E-state index contributed by atoms with van der Waals surface area (Å²) in [6.07, 6.45) is 6.92. The molecule has 24 heavy (non-hydrogen) atoms. The van der Waals surface area contributed by atoms with Crippen LogP contribution >= 0.6 is 0 Å². The molecular formula is C19H27N3O2. The van der Waals surface area contributed by atoms with Gasteiger partial charge in [0, 0.05) is 26.1 Å². The molecule has 0 aliphatic carbocycles. The van der Waals surface area contributed by atoms with Crippen LogP contribution in [0, 0.1) is 0 Å². The van der Waals surface area contributed by atoms with Crippen molar-refractivity contribution in [1.29, 1.82) is 0 Å². The Labute approximate surface area is 144 Å². The molecule has 2 atom stereocenters. The van der Waals surface area contributed by atoms with E-state index >= 15 is 0 Å². The Morgan fingerprint density at radius 3 is 2.58 bits per heavy atom. The van der Waals surface area contributed by atoms with E-state index in [0.717, 1.165) is 37.8 Å². The van der Waals surface area contributed by atoms with Gasteiger partial charge in [0.25, 0.3) is 0 Å². The number of aromatic nitrogens is 3. The van der Waals surface area contributed by atoms with Gasteiger partial charge in [-0.15, -0.1) is 5.10 Å². The van der Waals surface area contributed by atoms with Gasteiger partial charge in [-0.3, -0.25) is 9.48 Å². The number of benzene rings is 1. The quantitative estimate of drug-likeness (QED) is 0.520. The van der Waals surface area contributed by atoms with Gasteiger partial charge in [0.2, 0.25) is 0 Å². The van der Waals surface area contributed by atoms with Crippen molar-refractivity contribution in [1.82, 2.24) is 15.0 Å². The van der Waals surface area contributed by atoms with Crippen molar-refractivity contribution in [3.8, 4) is 0 Å². The van der Waals surface area contributed by atoms with E-state index in [9.17, 15) is 4.79 Å². The molecule has 2 aromatic rings. The first-order chi connectivity index (χ1) is 11.6. The van der Waals surface area contributed by atoms with Crippen molar-refractivity contribution in [2.24, 2.45) is 7.05 Å². The predicted molar refractivity (Wildman–Crippen MR) is 93.6 cm³/mol. The second-order valence-electron chi connectivity index (χ2n) is 6.33. The van der Waals surface area contributed by atoms with Crippen LogP contribution in [0.15, 0.2) is 36.5 Å². The Balaban J connectivity index is 1.79. The van der Waals surface area contributed by atoms with Crippen molar-refractivity contribution in [2.75, 3.05) is 0 Å². The lowest BCUT2D eigenvalue weighted by Crippen LogP contribution is -2.23. The molecule has 0 aliphatic rings. The molecule has 2 rings (SSSR count). The first kappa shape index (κ1) is 18.2. The van der Waals surface area contributed by atoms with Crippen LogP contribution in [0.3, 0.4) is 0 Å². The molecule has 0 aliphatic heterocycles. The Kier molecular flexibility index (Phi) is 6.97. The fourth-order valence-electron chi connectivity index (χ4n) is 2.93. The number of unbranched alkanes of at least 4 members (excludes halogenated alkanes) is 2. The fourth-order valence-corrected chi connectivity index (χ4v) is 2.93. The van der Waals surface area contributed by atoms with Gasteiger partial charge in [0.05, 0.1) is 5.69 Å². The highest BCUT2D eigenvalue weighted by molar-refractivity contribution is 5.66. The van der Waals surface area contributed by atoms with Gasteiger partial charge >= 0.3 is 5.97 Å². The Bertz CT molecular complexity index is 625. The average Bonchev–Trinajstić information content (AvgIpc) is 2.98. The molecule has 0 saturated carbocycles. The molecule has 5 heteroatoms. The molecule has 0 N–H and O–H groups in total. The number of aryl methyl sites for hydroxylation is 2. The van der Waals surface area contributed by atoms with Gasteiger partial charge in [0.1, 0.15) is 6.10 Å². The highest BCUT2D eigenvalue weighted by Gasteiger charge is 2.21. The zero-order valence-electron chi connectivity index (χ0n) is 14.8. The third kappa shape index (κ3) is 5.80. The van der Waals surface area contributed by atoms with Crippen LogP contribution in [0.2, 0.25) is 0 Å². The zero-order valence-corrected chi connectivity index (χ0v) is 14.8. The second-order valence-corrected chi connectivity index (χ2v) is 6.33. The van der Waals surface area contributed by atoms with Crippen LogP contribution < -0.4 is 0 Å². The van der Waals surface area contributed by atoms with Gasteiger partial charge in [-0.2, -0.15) is 0 Å². The molecule has 130 valence electrons. The monoisotopic (exact) mass is 329 g/mol. The third-order valence-corrected chi connectivity index (χ3v) is 4.27. The molecule has 0 spiro atoms. The first-order valence-corrected chi connectivity index (χ1v) is 8.63. The van der Waals surface area contributed by atoms with Gasteiger partial charge in [0.15, 0.2) is 0 Å². The summed E-state index contributed by atoms with van der Waals surface area (Å²) in [7, 11) is 1.88. The molecule has 0 radical (unpaired) electrons. The number of carbonyl (C=O) groups is 1. The number of carbonyl (C=O) groups excluding carboxylic acids is 1. The van der Waals surface area contributed by atoms with Crippen LogP contribution in [0.1, 0.15) is 56.7 Å². The lowest BCUT2D eigenvalue weighted by molar-refractivity contribution is -0.147. The largest absolute Gasteiger partial charge is 0.462 e. The Hall–Kier alpha value is -2.17. The molecular weight excluding hydrogens is 302 g/mol. The highest BCUT2D eigenvalue weighted by Crippen LogP contribution is 2.25. The SMILES string of the molecule is CC(=O)OC(CCCCCc1cn(C)nn1)C(C)c1ccccc1. The molecule has 1 heterocycles. The van der Waals surface area contributed by atoms with Gasteiger partial charge < -0.3 is 4.74 Å². The molecule has 0 amide bonds.